The van der Waals surface area contributed by atoms with E-state index in [2.05, 4.69) is 4.98 Å². The van der Waals surface area contributed by atoms with Gasteiger partial charge in [0.25, 0.3) is 0 Å². The number of aryl methyl sites for hydroxylation is 1. The largest absolute Gasteiger partial charge is 0.442 e. The van der Waals surface area contributed by atoms with Gasteiger partial charge < -0.3 is 4.74 Å². The fourth-order valence-corrected chi connectivity index (χ4v) is 2.48. The third-order valence-electron chi connectivity index (χ3n) is 2.64. The fourth-order valence-electron chi connectivity index (χ4n) is 1.70. The summed E-state index contributed by atoms with van der Waals surface area (Å²) in [5.41, 5.74) is 1.05. The van der Waals surface area contributed by atoms with Gasteiger partial charge in [0.1, 0.15) is 5.60 Å². The first-order valence-corrected chi connectivity index (χ1v) is 7.38. The van der Waals surface area contributed by atoms with Gasteiger partial charge in [-0.2, -0.15) is 0 Å². The molecule has 21 heavy (non-hydrogen) atoms. The lowest BCUT2D eigenvalue weighted by molar-refractivity contribution is 0.0580. The molecular formula is C15H19N3O2S. The Morgan fingerprint density at radius 3 is 2.38 bits per heavy atom. The van der Waals surface area contributed by atoms with E-state index in [1.165, 1.54) is 0 Å². The van der Waals surface area contributed by atoms with Gasteiger partial charge in [0.15, 0.2) is 0 Å². The number of nitrogens with two attached hydrogens (primary N) is 1. The Balaban J connectivity index is 2.13. The molecule has 0 aliphatic heterocycles. The second-order valence-corrected chi connectivity index (χ2v) is 6.88. The third kappa shape index (κ3) is 4.03. The number of hydrogen-bond donors (Lipinski definition) is 1. The van der Waals surface area contributed by atoms with E-state index >= 15 is 0 Å². The molecule has 0 radical (unpaired) electrons. The van der Waals surface area contributed by atoms with Gasteiger partial charge >= 0.3 is 6.09 Å². The molecule has 1 amide bonds. The smallest absolute Gasteiger partial charge is 0.429 e. The Hall–Kier alpha value is -1.92. The van der Waals surface area contributed by atoms with Crippen LogP contribution < -0.4 is 10.9 Å². The Bertz CT molecular complexity index is 629. The van der Waals surface area contributed by atoms with Crippen LogP contribution >= 0.6 is 11.3 Å². The van der Waals surface area contributed by atoms with Crippen molar-refractivity contribution in [2.24, 2.45) is 5.84 Å². The molecule has 0 saturated heterocycles. The quantitative estimate of drug-likeness (QED) is 0.521. The number of thiazole rings is 1. The fraction of sp³-hybridized carbons (Fsp3) is 0.333. The number of carbonyl (C=O) groups is 1. The monoisotopic (exact) mass is 305 g/mol. The maximum Gasteiger partial charge on any atom is 0.429 e. The zero-order valence-corrected chi connectivity index (χ0v) is 13.4. The highest BCUT2D eigenvalue weighted by Crippen LogP contribution is 2.27. The molecule has 0 spiro atoms. The Morgan fingerprint density at radius 1 is 1.29 bits per heavy atom. The van der Waals surface area contributed by atoms with Gasteiger partial charge in [0.05, 0.1) is 15.6 Å². The van der Waals surface area contributed by atoms with Crippen molar-refractivity contribution < 1.29 is 9.53 Å². The average molecular weight is 305 g/mol. The molecule has 0 fully saturated rings. The Labute approximate surface area is 128 Å². The second kappa shape index (κ2) is 5.83. The molecule has 1 heterocycles. The number of ether oxygens (including phenoxy) is 1. The Morgan fingerprint density at radius 2 is 1.90 bits per heavy atom. The van der Waals surface area contributed by atoms with Crippen LogP contribution in [0.25, 0.3) is 10.4 Å². The van der Waals surface area contributed by atoms with Crippen molar-refractivity contribution in [2.75, 3.05) is 5.01 Å². The van der Waals surface area contributed by atoms with Crippen LogP contribution in [0.2, 0.25) is 0 Å². The molecule has 0 atom stereocenters. The first kappa shape index (κ1) is 15.5. The number of anilines is 1. The standard InChI is InChI=1S/C15H19N3O2S/c1-10-17-9-13(21-10)11-5-7-12(8-6-11)18(16)14(19)20-15(2,3)4/h5-9H,16H2,1-4H3. The van der Waals surface area contributed by atoms with Crippen LogP contribution in [0.5, 0.6) is 0 Å². The molecule has 112 valence electrons. The van der Waals surface area contributed by atoms with Crippen LogP contribution in [0, 0.1) is 6.92 Å². The van der Waals surface area contributed by atoms with Crippen LogP contribution in [0.4, 0.5) is 10.5 Å². The van der Waals surface area contributed by atoms with E-state index in [-0.39, 0.29) is 0 Å². The van der Waals surface area contributed by atoms with E-state index in [4.69, 9.17) is 10.6 Å². The number of rotatable bonds is 2. The number of nitrogens with zero attached hydrogens (tertiary/aromatic N) is 2. The highest BCUT2D eigenvalue weighted by Gasteiger charge is 2.21. The molecule has 6 heteroatoms. The molecule has 0 aliphatic rings. The van der Waals surface area contributed by atoms with Gasteiger partial charge in [0.2, 0.25) is 0 Å². The summed E-state index contributed by atoms with van der Waals surface area (Å²) >= 11 is 1.62. The molecule has 2 rings (SSSR count). The van der Waals surface area contributed by atoms with Crippen LogP contribution in [0.3, 0.4) is 0 Å². The number of carbonyl (C=O) groups excluding carboxylic acids is 1. The third-order valence-corrected chi connectivity index (χ3v) is 3.60. The summed E-state index contributed by atoms with van der Waals surface area (Å²) in [5.74, 6) is 5.79. The van der Waals surface area contributed by atoms with E-state index in [1.54, 1.807) is 44.2 Å². The van der Waals surface area contributed by atoms with Crippen LogP contribution in [0.15, 0.2) is 30.5 Å². The van der Waals surface area contributed by atoms with Gasteiger partial charge in [-0.15, -0.1) is 11.3 Å². The second-order valence-electron chi connectivity index (χ2n) is 5.64. The molecule has 5 nitrogen and oxygen atoms in total. The van der Waals surface area contributed by atoms with E-state index in [0.717, 1.165) is 20.5 Å². The first-order chi connectivity index (χ1) is 9.76. The maximum absolute atomic E-state index is 11.9. The number of amides is 1. The number of hydrogen-bond acceptors (Lipinski definition) is 5. The number of benzene rings is 1. The zero-order valence-electron chi connectivity index (χ0n) is 12.6. The van der Waals surface area contributed by atoms with Crippen molar-refractivity contribution in [3.05, 3.63) is 35.5 Å². The van der Waals surface area contributed by atoms with Crippen molar-refractivity contribution in [1.29, 1.82) is 0 Å². The van der Waals surface area contributed by atoms with E-state index < -0.39 is 11.7 Å². The van der Waals surface area contributed by atoms with Crippen LogP contribution in [-0.4, -0.2) is 16.7 Å². The summed E-state index contributed by atoms with van der Waals surface area (Å²) in [6.07, 6.45) is 1.26. The number of aromatic nitrogens is 1. The summed E-state index contributed by atoms with van der Waals surface area (Å²) in [7, 11) is 0. The van der Waals surface area contributed by atoms with E-state index in [9.17, 15) is 4.79 Å². The lowest BCUT2D eigenvalue weighted by atomic mass is 10.2. The molecular weight excluding hydrogens is 286 g/mol. The predicted octanol–water partition coefficient (Wildman–Crippen LogP) is 3.73. The normalized spacial score (nSPS) is 11.3. The minimum absolute atomic E-state index is 0.575. The summed E-state index contributed by atoms with van der Waals surface area (Å²) in [6.45, 7) is 7.36. The zero-order chi connectivity index (χ0) is 15.6. The minimum Gasteiger partial charge on any atom is -0.442 e. The summed E-state index contributed by atoms with van der Waals surface area (Å²) in [6, 6.07) is 7.39. The SMILES string of the molecule is Cc1ncc(-c2ccc(N(N)C(=O)OC(C)(C)C)cc2)s1. The number of hydrazine groups is 1. The van der Waals surface area contributed by atoms with Crippen LogP contribution in [-0.2, 0) is 4.74 Å². The molecule has 1 aromatic heterocycles. The minimum atomic E-state index is -0.580. The molecule has 0 aliphatic carbocycles. The van der Waals surface area contributed by atoms with Crippen molar-refractivity contribution in [3.63, 3.8) is 0 Å². The van der Waals surface area contributed by atoms with Crippen molar-refractivity contribution >= 4 is 23.1 Å². The maximum atomic E-state index is 11.9. The highest BCUT2D eigenvalue weighted by atomic mass is 32.1. The van der Waals surface area contributed by atoms with Gasteiger partial charge in [-0.05, 0) is 45.4 Å². The van der Waals surface area contributed by atoms with E-state index in [1.807, 2.05) is 25.3 Å². The molecule has 0 unspecified atom stereocenters. The Kier molecular flexibility index (Phi) is 4.29. The van der Waals surface area contributed by atoms with Gasteiger partial charge in [0, 0.05) is 6.20 Å². The topological polar surface area (TPSA) is 68.5 Å². The highest BCUT2D eigenvalue weighted by molar-refractivity contribution is 7.15. The van der Waals surface area contributed by atoms with E-state index in [0.29, 0.717) is 5.69 Å². The average Bonchev–Trinajstić information content (AvgIpc) is 2.83. The molecule has 1 aromatic carbocycles. The van der Waals surface area contributed by atoms with Crippen LogP contribution in [0.1, 0.15) is 25.8 Å². The molecule has 2 aromatic rings. The van der Waals surface area contributed by atoms with Gasteiger partial charge in [-0.1, -0.05) is 12.1 Å². The van der Waals surface area contributed by atoms with Gasteiger partial charge in [-0.3, -0.25) is 0 Å². The first-order valence-electron chi connectivity index (χ1n) is 6.57. The molecule has 0 saturated carbocycles. The molecule has 2 N–H and O–H groups in total. The lowest BCUT2D eigenvalue weighted by Crippen LogP contribution is -2.41. The van der Waals surface area contributed by atoms with Gasteiger partial charge in [-0.25, -0.2) is 20.6 Å². The van der Waals surface area contributed by atoms with Crippen molar-refractivity contribution in [2.45, 2.75) is 33.3 Å². The summed E-state index contributed by atoms with van der Waals surface area (Å²) in [4.78, 5) is 17.2. The summed E-state index contributed by atoms with van der Waals surface area (Å²) < 4.78 is 5.23. The molecule has 0 bridgehead atoms. The lowest BCUT2D eigenvalue weighted by Gasteiger charge is -2.24. The predicted molar refractivity (Wildman–Crippen MR) is 85.2 cm³/mol. The summed E-state index contributed by atoms with van der Waals surface area (Å²) in [5, 5.41) is 2.02. The van der Waals surface area contributed by atoms with Crippen molar-refractivity contribution in [1.82, 2.24) is 4.98 Å². The van der Waals surface area contributed by atoms with Crippen molar-refractivity contribution in [3.8, 4) is 10.4 Å².